The van der Waals surface area contributed by atoms with Crippen LogP contribution in [0.2, 0.25) is 10.2 Å². The maximum Gasteiger partial charge on any atom is 0.259 e. The van der Waals surface area contributed by atoms with Gasteiger partial charge in [0.05, 0.1) is 24.3 Å². The van der Waals surface area contributed by atoms with Gasteiger partial charge in [-0.15, -0.1) is 0 Å². The monoisotopic (exact) mass is 444 g/mol. The predicted molar refractivity (Wildman–Crippen MR) is 119 cm³/mol. The Morgan fingerprint density at radius 3 is 2.40 bits per heavy atom. The minimum absolute atomic E-state index is 0.113. The summed E-state index contributed by atoms with van der Waals surface area (Å²) >= 11 is 12.7. The SMILES string of the molecule is Cc1ccc(NC(=O)CN(C)C(=O)c2c(C)nn(Cc3ccccc3Cl)c2Cl)cc1. The van der Waals surface area contributed by atoms with Crippen LogP contribution in [0.4, 0.5) is 5.69 Å². The first kappa shape index (κ1) is 21.9. The summed E-state index contributed by atoms with van der Waals surface area (Å²) in [5.74, 6) is -0.672. The number of rotatable bonds is 6. The van der Waals surface area contributed by atoms with Gasteiger partial charge < -0.3 is 10.2 Å². The van der Waals surface area contributed by atoms with Crippen molar-refractivity contribution in [2.75, 3.05) is 18.9 Å². The minimum atomic E-state index is -0.373. The number of nitrogens with zero attached hydrogens (tertiary/aromatic N) is 3. The number of benzene rings is 2. The van der Waals surface area contributed by atoms with E-state index >= 15 is 0 Å². The van der Waals surface area contributed by atoms with Crippen molar-refractivity contribution in [2.45, 2.75) is 20.4 Å². The standard InChI is InChI=1S/C22H22Cl2N4O2/c1-14-8-10-17(11-9-14)25-19(29)13-27(3)22(30)20-15(2)26-28(21(20)24)12-16-6-4-5-7-18(16)23/h4-11H,12-13H2,1-3H3,(H,25,29). The second-order valence-electron chi connectivity index (χ2n) is 7.08. The van der Waals surface area contributed by atoms with Crippen LogP contribution >= 0.6 is 23.2 Å². The lowest BCUT2D eigenvalue weighted by Gasteiger charge is -2.17. The Morgan fingerprint density at radius 1 is 1.07 bits per heavy atom. The van der Waals surface area contributed by atoms with E-state index in [1.165, 1.54) is 9.58 Å². The highest BCUT2D eigenvalue weighted by Gasteiger charge is 2.24. The third kappa shape index (κ3) is 5.01. The van der Waals surface area contributed by atoms with E-state index < -0.39 is 0 Å². The zero-order chi connectivity index (χ0) is 21.8. The van der Waals surface area contributed by atoms with Crippen molar-refractivity contribution in [2.24, 2.45) is 0 Å². The number of hydrogen-bond donors (Lipinski definition) is 1. The zero-order valence-electron chi connectivity index (χ0n) is 16.9. The first-order chi connectivity index (χ1) is 14.3. The first-order valence-corrected chi connectivity index (χ1v) is 10.1. The normalized spacial score (nSPS) is 10.7. The molecule has 30 heavy (non-hydrogen) atoms. The van der Waals surface area contributed by atoms with E-state index in [1.54, 1.807) is 20.0 Å². The molecule has 3 rings (SSSR count). The van der Waals surface area contributed by atoms with Gasteiger partial charge in [0.2, 0.25) is 5.91 Å². The van der Waals surface area contributed by atoms with Crippen LogP contribution in [0.25, 0.3) is 0 Å². The van der Waals surface area contributed by atoms with Gasteiger partial charge in [0.25, 0.3) is 5.91 Å². The summed E-state index contributed by atoms with van der Waals surface area (Å²) in [6, 6.07) is 14.8. The number of aryl methyl sites for hydroxylation is 2. The van der Waals surface area contributed by atoms with Gasteiger partial charge in [-0.1, -0.05) is 59.1 Å². The number of anilines is 1. The molecule has 0 spiro atoms. The Morgan fingerprint density at radius 2 is 1.73 bits per heavy atom. The molecule has 1 heterocycles. The van der Waals surface area contributed by atoms with Crippen molar-refractivity contribution >= 4 is 40.7 Å². The highest BCUT2D eigenvalue weighted by atomic mass is 35.5. The highest BCUT2D eigenvalue weighted by Crippen LogP contribution is 2.24. The fourth-order valence-corrected chi connectivity index (χ4v) is 3.52. The molecule has 3 aromatic rings. The average Bonchev–Trinajstić information content (AvgIpc) is 2.98. The second kappa shape index (κ2) is 9.32. The molecule has 6 nitrogen and oxygen atoms in total. The molecule has 2 amide bonds. The molecule has 0 saturated heterocycles. The van der Waals surface area contributed by atoms with Gasteiger partial charge in [-0.3, -0.25) is 9.59 Å². The Kier molecular flexibility index (Phi) is 6.80. The van der Waals surface area contributed by atoms with E-state index in [4.69, 9.17) is 23.2 Å². The summed E-state index contributed by atoms with van der Waals surface area (Å²) in [5.41, 5.74) is 3.37. The van der Waals surface area contributed by atoms with Crippen molar-refractivity contribution in [3.05, 3.63) is 81.1 Å². The van der Waals surface area contributed by atoms with Crippen molar-refractivity contribution in [1.82, 2.24) is 14.7 Å². The summed E-state index contributed by atoms with van der Waals surface area (Å²) in [7, 11) is 1.55. The number of aromatic nitrogens is 2. The molecule has 0 aliphatic carbocycles. The van der Waals surface area contributed by atoms with Crippen LogP contribution in [0.1, 0.15) is 27.2 Å². The van der Waals surface area contributed by atoms with Gasteiger partial charge in [0, 0.05) is 17.8 Å². The van der Waals surface area contributed by atoms with Gasteiger partial charge in [0.1, 0.15) is 5.15 Å². The number of likely N-dealkylation sites (N-methyl/N-ethyl adjacent to an activating group) is 1. The second-order valence-corrected chi connectivity index (χ2v) is 7.84. The van der Waals surface area contributed by atoms with Crippen LogP contribution in [0.3, 0.4) is 0 Å². The summed E-state index contributed by atoms with van der Waals surface area (Å²) in [4.78, 5) is 26.6. The van der Waals surface area contributed by atoms with Crippen molar-refractivity contribution < 1.29 is 9.59 Å². The maximum atomic E-state index is 12.9. The predicted octanol–water partition coefficient (Wildman–Crippen LogP) is 4.57. The Labute approximate surface area is 185 Å². The average molecular weight is 445 g/mol. The highest BCUT2D eigenvalue weighted by molar-refractivity contribution is 6.33. The van der Waals surface area contributed by atoms with Crippen LogP contribution in [0.15, 0.2) is 48.5 Å². The Bertz CT molecular complexity index is 1080. The number of nitrogens with one attached hydrogen (secondary N) is 1. The van der Waals surface area contributed by atoms with E-state index in [0.717, 1.165) is 11.1 Å². The summed E-state index contributed by atoms with van der Waals surface area (Å²) < 4.78 is 1.53. The Hall–Kier alpha value is -2.83. The molecule has 0 fully saturated rings. The number of carbonyl (C=O) groups is 2. The van der Waals surface area contributed by atoms with E-state index in [2.05, 4.69) is 10.4 Å². The quantitative estimate of drug-likeness (QED) is 0.605. The van der Waals surface area contributed by atoms with Crippen LogP contribution < -0.4 is 5.32 Å². The Balaban J connectivity index is 1.71. The summed E-state index contributed by atoms with van der Waals surface area (Å²) in [5, 5.41) is 7.97. The topological polar surface area (TPSA) is 67.2 Å². The molecule has 0 atom stereocenters. The molecular formula is C22H22Cl2N4O2. The van der Waals surface area contributed by atoms with Crippen LogP contribution in [0.5, 0.6) is 0 Å². The lowest BCUT2D eigenvalue weighted by Crippen LogP contribution is -2.35. The minimum Gasteiger partial charge on any atom is -0.332 e. The molecule has 8 heteroatoms. The molecule has 1 aromatic heterocycles. The number of hydrogen-bond acceptors (Lipinski definition) is 3. The molecule has 1 N–H and O–H groups in total. The lowest BCUT2D eigenvalue weighted by atomic mass is 10.2. The van der Waals surface area contributed by atoms with E-state index in [9.17, 15) is 9.59 Å². The van der Waals surface area contributed by atoms with Crippen molar-refractivity contribution in [3.63, 3.8) is 0 Å². The number of halogens is 2. The molecule has 0 aliphatic heterocycles. The summed E-state index contributed by atoms with van der Waals surface area (Å²) in [6.07, 6.45) is 0. The molecule has 0 saturated carbocycles. The van der Waals surface area contributed by atoms with E-state index in [0.29, 0.717) is 22.9 Å². The molecule has 0 bridgehead atoms. The number of amides is 2. The van der Waals surface area contributed by atoms with Gasteiger partial charge in [-0.05, 0) is 37.6 Å². The van der Waals surface area contributed by atoms with Gasteiger partial charge >= 0.3 is 0 Å². The van der Waals surface area contributed by atoms with Crippen molar-refractivity contribution in [3.8, 4) is 0 Å². The molecule has 2 aromatic carbocycles. The molecule has 156 valence electrons. The molecular weight excluding hydrogens is 423 g/mol. The van der Waals surface area contributed by atoms with Crippen LogP contribution in [-0.2, 0) is 11.3 Å². The van der Waals surface area contributed by atoms with Gasteiger partial charge in [-0.25, -0.2) is 4.68 Å². The lowest BCUT2D eigenvalue weighted by molar-refractivity contribution is -0.116. The molecule has 0 radical (unpaired) electrons. The zero-order valence-corrected chi connectivity index (χ0v) is 18.5. The van der Waals surface area contributed by atoms with Crippen molar-refractivity contribution in [1.29, 1.82) is 0 Å². The van der Waals surface area contributed by atoms with Gasteiger partial charge in [0.15, 0.2) is 0 Å². The third-order valence-corrected chi connectivity index (χ3v) is 5.37. The smallest absolute Gasteiger partial charge is 0.259 e. The van der Waals surface area contributed by atoms with E-state index in [1.807, 2.05) is 49.4 Å². The molecule has 0 aliphatic rings. The fraction of sp³-hybridized carbons (Fsp3) is 0.227. The largest absolute Gasteiger partial charge is 0.332 e. The van der Waals surface area contributed by atoms with Crippen LogP contribution in [-0.4, -0.2) is 40.1 Å². The van der Waals surface area contributed by atoms with Crippen LogP contribution in [0, 0.1) is 13.8 Å². The van der Waals surface area contributed by atoms with Gasteiger partial charge in [-0.2, -0.15) is 5.10 Å². The maximum absolute atomic E-state index is 12.9. The first-order valence-electron chi connectivity index (χ1n) is 9.34. The number of carbonyl (C=O) groups excluding carboxylic acids is 2. The summed E-state index contributed by atoms with van der Waals surface area (Å²) in [6.45, 7) is 3.90. The fourth-order valence-electron chi connectivity index (χ4n) is 3.00. The molecule has 0 unspecified atom stereocenters. The van der Waals surface area contributed by atoms with E-state index in [-0.39, 0.29) is 29.1 Å². The third-order valence-electron chi connectivity index (χ3n) is 4.62.